The van der Waals surface area contributed by atoms with Crippen LogP contribution in [0.25, 0.3) is 0 Å². The van der Waals surface area contributed by atoms with E-state index in [4.69, 9.17) is 9.47 Å². The molecule has 2 heterocycles. The number of phenols is 1. The summed E-state index contributed by atoms with van der Waals surface area (Å²) in [7, 11) is 0. The zero-order valence-corrected chi connectivity index (χ0v) is 11.3. The molecule has 0 unspecified atom stereocenters. The molecule has 100 valence electrons. The Kier molecular flexibility index (Phi) is 3.27. The number of aromatic hydroxyl groups is 1. The van der Waals surface area contributed by atoms with Gasteiger partial charge in [0.2, 0.25) is 6.79 Å². The first-order chi connectivity index (χ1) is 9.22. The maximum Gasteiger partial charge on any atom is 0.231 e. The highest BCUT2D eigenvalue weighted by molar-refractivity contribution is 7.11. The van der Waals surface area contributed by atoms with Crippen LogP contribution in [0.15, 0.2) is 18.3 Å². The van der Waals surface area contributed by atoms with Crippen molar-refractivity contribution < 1.29 is 14.6 Å². The van der Waals surface area contributed by atoms with E-state index >= 15 is 0 Å². The zero-order chi connectivity index (χ0) is 13.2. The van der Waals surface area contributed by atoms with Crippen LogP contribution >= 0.6 is 11.3 Å². The summed E-state index contributed by atoms with van der Waals surface area (Å²) in [5.74, 6) is 1.50. The molecular weight excluding hydrogens is 264 g/mol. The van der Waals surface area contributed by atoms with Crippen molar-refractivity contribution in [3.8, 4) is 17.2 Å². The van der Waals surface area contributed by atoms with Crippen molar-refractivity contribution >= 4 is 11.3 Å². The molecule has 3 rings (SSSR count). The second-order valence-corrected chi connectivity index (χ2v) is 5.60. The first kappa shape index (κ1) is 12.3. The van der Waals surface area contributed by atoms with Gasteiger partial charge in [0, 0.05) is 35.8 Å². The second-order valence-electron chi connectivity index (χ2n) is 4.28. The molecule has 1 aromatic carbocycles. The van der Waals surface area contributed by atoms with Crippen molar-refractivity contribution in [3.63, 3.8) is 0 Å². The minimum absolute atomic E-state index is 0.214. The van der Waals surface area contributed by atoms with Crippen LogP contribution in [-0.4, -0.2) is 16.9 Å². The van der Waals surface area contributed by atoms with Gasteiger partial charge in [-0.25, -0.2) is 4.98 Å². The number of nitrogens with one attached hydrogen (secondary N) is 1. The fourth-order valence-electron chi connectivity index (χ4n) is 1.92. The molecule has 0 spiro atoms. The van der Waals surface area contributed by atoms with E-state index in [9.17, 15) is 5.11 Å². The number of thiazole rings is 1. The average molecular weight is 278 g/mol. The van der Waals surface area contributed by atoms with Crippen molar-refractivity contribution in [2.24, 2.45) is 0 Å². The van der Waals surface area contributed by atoms with Gasteiger partial charge in [-0.05, 0) is 13.0 Å². The molecule has 0 amide bonds. The Bertz CT molecular complexity index is 598. The number of benzene rings is 1. The van der Waals surface area contributed by atoms with Crippen LogP contribution in [0, 0.1) is 6.92 Å². The molecule has 0 saturated heterocycles. The van der Waals surface area contributed by atoms with Crippen LogP contribution in [0.2, 0.25) is 0 Å². The van der Waals surface area contributed by atoms with E-state index in [1.807, 2.05) is 19.2 Å². The lowest BCUT2D eigenvalue weighted by Crippen LogP contribution is -2.11. The maximum atomic E-state index is 9.89. The van der Waals surface area contributed by atoms with Gasteiger partial charge in [-0.2, -0.15) is 0 Å². The Morgan fingerprint density at radius 1 is 1.32 bits per heavy atom. The number of aryl methyl sites for hydroxylation is 1. The topological polar surface area (TPSA) is 63.6 Å². The Labute approximate surface area is 114 Å². The lowest BCUT2D eigenvalue weighted by molar-refractivity contribution is 0.174. The third kappa shape index (κ3) is 2.64. The fourth-order valence-corrected chi connectivity index (χ4v) is 2.69. The van der Waals surface area contributed by atoms with Crippen LogP contribution in [0.5, 0.6) is 17.2 Å². The number of phenolic OH excluding ortho intramolecular Hbond substituents is 1. The molecule has 0 saturated carbocycles. The number of hydrogen-bond acceptors (Lipinski definition) is 6. The highest BCUT2D eigenvalue weighted by Gasteiger charge is 2.16. The molecule has 1 aliphatic heterocycles. The van der Waals surface area contributed by atoms with Crippen LogP contribution in [0.1, 0.15) is 15.4 Å². The number of aromatic nitrogens is 1. The van der Waals surface area contributed by atoms with Gasteiger partial charge in [0.15, 0.2) is 11.5 Å². The summed E-state index contributed by atoms with van der Waals surface area (Å²) in [5.41, 5.74) is 0.797. The number of ether oxygens (including phenoxy) is 2. The predicted octanol–water partition coefficient (Wildman–Crippen LogP) is 2.18. The van der Waals surface area contributed by atoms with E-state index in [-0.39, 0.29) is 12.5 Å². The average Bonchev–Trinajstić information content (AvgIpc) is 2.98. The zero-order valence-electron chi connectivity index (χ0n) is 10.5. The van der Waals surface area contributed by atoms with E-state index in [1.165, 1.54) is 4.88 Å². The molecule has 0 fully saturated rings. The minimum Gasteiger partial charge on any atom is -0.507 e. The molecule has 0 radical (unpaired) electrons. The normalized spacial score (nSPS) is 12.9. The quantitative estimate of drug-likeness (QED) is 0.897. The van der Waals surface area contributed by atoms with Crippen molar-refractivity contribution in [3.05, 3.63) is 33.8 Å². The standard InChI is InChI=1S/C13H14N2O3S/c1-8-15-6-10(19-8)5-14-4-9-2-12-13(3-11(9)16)18-7-17-12/h2-3,6,14,16H,4-5,7H2,1H3. The van der Waals surface area contributed by atoms with E-state index in [0.717, 1.165) is 17.1 Å². The molecule has 2 N–H and O–H groups in total. The number of rotatable bonds is 4. The molecule has 0 atom stereocenters. The smallest absolute Gasteiger partial charge is 0.231 e. The molecule has 0 bridgehead atoms. The van der Waals surface area contributed by atoms with Gasteiger partial charge in [0.25, 0.3) is 0 Å². The predicted molar refractivity (Wildman–Crippen MR) is 71.6 cm³/mol. The molecular formula is C13H14N2O3S. The monoisotopic (exact) mass is 278 g/mol. The molecule has 1 aromatic heterocycles. The molecule has 2 aromatic rings. The van der Waals surface area contributed by atoms with E-state index < -0.39 is 0 Å². The van der Waals surface area contributed by atoms with Gasteiger partial charge in [-0.15, -0.1) is 11.3 Å². The summed E-state index contributed by atoms with van der Waals surface area (Å²) in [4.78, 5) is 5.38. The summed E-state index contributed by atoms with van der Waals surface area (Å²) in [6, 6.07) is 3.40. The van der Waals surface area contributed by atoms with Gasteiger partial charge >= 0.3 is 0 Å². The summed E-state index contributed by atoms with van der Waals surface area (Å²) in [6.07, 6.45) is 1.87. The first-order valence-electron chi connectivity index (χ1n) is 5.96. The Morgan fingerprint density at radius 3 is 2.84 bits per heavy atom. The molecule has 5 nitrogen and oxygen atoms in total. The number of hydrogen-bond donors (Lipinski definition) is 2. The lowest BCUT2D eigenvalue weighted by atomic mass is 10.1. The van der Waals surface area contributed by atoms with Crippen molar-refractivity contribution in [1.29, 1.82) is 0 Å². The Morgan fingerprint density at radius 2 is 2.11 bits per heavy atom. The van der Waals surface area contributed by atoms with E-state index in [2.05, 4.69) is 10.3 Å². The van der Waals surface area contributed by atoms with Crippen LogP contribution in [0.3, 0.4) is 0 Å². The van der Waals surface area contributed by atoms with Gasteiger partial charge < -0.3 is 19.9 Å². The Balaban J connectivity index is 1.64. The maximum absolute atomic E-state index is 9.89. The highest BCUT2D eigenvalue weighted by Crippen LogP contribution is 2.37. The van der Waals surface area contributed by atoms with Gasteiger partial charge in [-0.1, -0.05) is 0 Å². The lowest BCUT2D eigenvalue weighted by Gasteiger charge is -2.07. The van der Waals surface area contributed by atoms with Gasteiger partial charge in [0.1, 0.15) is 5.75 Å². The largest absolute Gasteiger partial charge is 0.507 e. The van der Waals surface area contributed by atoms with E-state index in [1.54, 1.807) is 17.4 Å². The van der Waals surface area contributed by atoms with Crippen molar-refractivity contribution in [2.75, 3.05) is 6.79 Å². The van der Waals surface area contributed by atoms with Crippen molar-refractivity contribution in [2.45, 2.75) is 20.0 Å². The van der Waals surface area contributed by atoms with Gasteiger partial charge in [0.05, 0.1) is 5.01 Å². The molecule has 1 aliphatic rings. The van der Waals surface area contributed by atoms with Crippen LogP contribution < -0.4 is 14.8 Å². The SMILES string of the molecule is Cc1ncc(CNCc2cc3c(cc2O)OCO3)s1. The molecule has 19 heavy (non-hydrogen) atoms. The number of fused-ring (bicyclic) bond motifs is 1. The van der Waals surface area contributed by atoms with Crippen LogP contribution in [-0.2, 0) is 13.1 Å². The third-order valence-corrected chi connectivity index (χ3v) is 3.77. The van der Waals surface area contributed by atoms with E-state index in [0.29, 0.717) is 18.0 Å². The third-order valence-electron chi connectivity index (χ3n) is 2.86. The first-order valence-corrected chi connectivity index (χ1v) is 6.77. The molecule has 0 aliphatic carbocycles. The second kappa shape index (κ2) is 5.07. The minimum atomic E-state index is 0.214. The summed E-state index contributed by atoms with van der Waals surface area (Å²) in [5, 5.41) is 14.2. The Hall–Kier alpha value is -1.79. The summed E-state index contributed by atoms with van der Waals surface area (Å²) in [6.45, 7) is 3.50. The summed E-state index contributed by atoms with van der Waals surface area (Å²) >= 11 is 1.67. The highest BCUT2D eigenvalue weighted by atomic mass is 32.1. The fraction of sp³-hybridized carbons (Fsp3) is 0.308. The van der Waals surface area contributed by atoms with Crippen LogP contribution in [0.4, 0.5) is 0 Å². The van der Waals surface area contributed by atoms with Gasteiger partial charge in [-0.3, -0.25) is 0 Å². The van der Waals surface area contributed by atoms with Crippen molar-refractivity contribution in [1.82, 2.24) is 10.3 Å². The summed E-state index contributed by atoms with van der Waals surface area (Å²) < 4.78 is 10.5. The molecule has 6 heteroatoms. The number of nitrogens with zero attached hydrogens (tertiary/aromatic N) is 1.